The molecule has 0 fully saturated rings. The Morgan fingerprint density at radius 3 is 0.880 bits per heavy atom. The highest BCUT2D eigenvalue weighted by Crippen LogP contribution is 2.40. The van der Waals surface area contributed by atoms with E-state index in [1.807, 2.05) is 36.4 Å². The molecule has 0 atom stereocenters. The Balaban J connectivity index is 0.00000109. The van der Waals surface area contributed by atoms with Gasteiger partial charge in [-0.3, -0.25) is 0 Å². The number of aliphatic hydroxyl groups is 1. The van der Waals surface area contributed by atoms with Gasteiger partial charge in [-0.05, 0) is 60.0 Å². The summed E-state index contributed by atoms with van der Waals surface area (Å²) in [5.41, 5.74) is 2.54. The topological polar surface area (TPSA) is 80.9 Å². The second-order valence-corrected chi connectivity index (χ2v) is 5.77. The van der Waals surface area contributed by atoms with Crippen molar-refractivity contribution in [3.05, 3.63) is 89.5 Å². The SMILES string of the molecule is CC(c1ccc(O)cc1)(c1ccc(O)cc1)c1ccc(O)cc1.CO. The van der Waals surface area contributed by atoms with Gasteiger partial charge in [0.2, 0.25) is 0 Å². The van der Waals surface area contributed by atoms with Crippen LogP contribution in [0.15, 0.2) is 72.8 Å². The van der Waals surface area contributed by atoms with Crippen LogP contribution in [-0.4, -0.2) is 27.5 Å². The number of hydrogen-bond acceptors (Lipinski definition) is 4. The normalized spacial score (nSPS) is 10.7. The van der Waals surface area contributed by atoms with Crippen molar-refractivity contribution in [3.8, 4) is 17.2 Å². The van der Waals surface area contributed by atoms with Gasteiger partial charge in [-0.25, -0.2) is 0 Å². The van der Waals surface area contributed by atoms with E-state index < -0.39 is 5.41 Å². The minimum absolute atomic E-state index is 0.215. The number of benzene rings is 3. The molecule has 4 N–H and O–H groups in total. The maximum Gasteiger partial charge on any atom is 0.115 e. The molecule has 0 saturated heterocycles. The molecule has 4 nitrogen and oxygen atoms in total. The van der Waals surface area contributed by atoms with Crippen molar-refractivity contribution in [3.63, 3.8) is 0 Å². The van der Waals surface area contributed by atoms with Crippen molar-refractivity contribution in [2.24, 2.45) is 0 Å². The van der Waals surface area contributed by atoms with Crippen molar-refractivity contribution >= 4 is 0 Å². The lowest BCUT2D eigenvalue weighted by atomic mass is 9.71. The molecule has 0 radical (unpaired) electrons. The lowest BCUT2D eigenvalue weighted by Gasteiger charge is -2.32. The van der Waals surface area contributed by atoms with E-state index in [0.717, 1.165) is 23.8 Å². The molecule has 0 aliphatic rings. The fourth-order valence-corrected chi connectivity index (χ4v) is 2.88. The van der Waals surface area contributed by atoms with Gasteiger partial charge in [-0.2, -0.15) is 0 Å². The molecule has 0 unspecified atom stereocenters. The van der Waals surface area contributed by atoms with Gasteiger partial charge in [0.25, 0.3) is 0 Å². The van der Waals surface area contributed by atoms with Crippen LogP contribution in [-0.2, 0) is 5.41 Å². The molecule has 0 bridgehead atoms. The quantitative estimate of drug-likeness (QED) is 0.548. The zero-order chi connectivity index (χ0) is 18.4. The third kappa shape index (κ3) is 3.75. The highest BCUT2D eigenvalue weighted by atomic mass is 16.3. The minimum Gasteiger partial charge on any atom is -0.508 e. The molecule has 0 aliphatic heterocycles. The Kier molecular flexibility index (Phi) is 5.67. The van der Waals surface area contributed by atoms with Crippen LogP contribution >= 0.6 is 0 Å². The van der Waals surface area contributed by atoms with Crippen LogP contribution in [0.5, 0.6) is 17.2 Å². The van der Waals surface area contributed by atoms with Crippen LogP contribution in [0.1, 0.15) is 23.6 Å². The first kappa shape index (κ1) is 18.4. The smallest absolute Gasteiger partial charge is 0.115 e. The summed E-state index contributed by atoms with van der Waals surface area (Å²) >= 11 is 0. The fourth-order valence-electron chi connectivity index (χ4n) is 2.88. The highest BCUT2D eigenvalue weighted by molar-refractivity contribution is 5.51. The van der Waals surface area contributed by atoms with E-state index in [0.29, 0.717) is 0 Å². The fraction of sp³-hybridized carbons (Fsp3) is 0.143. The third-order valence-electron chi connectivity index (χ3n) is 4.33. The van der Waals surface area contributed by atoms with Crippen molar-refractivity contribution < 1.29 is 20.4 Å². The van der Waals surface area contributed by atoms with Crippen LogP contribution in [0.4, 0.5) is 0 Å². The van der Waals surface area contributed by atoms with Gasteiger partial charge >= 0.3 is 0 Å². The van der Waals surface area contributed by atoms with Crippen LogP contribution in [0.25, 0.3) is 0 Å². The van der Waals surface area contributed by atoms with Crippen molar-refractivity contribution in [1.29, 1.82) is 0 Å². The maximum atomic E-state index is 9.57. The summed E-state index contributed by atoms with van der Waals surface area (Å²) in [6.45, 7) is 2.08. The van der Waals surface area contributed by atoms with Crippen LogP contribution in [0.3, 0.4) is 0 Å². The van der Waals surface area contributed by atoms with E-state index in [4.69, 9.17) is 5.11 Å². The summed E-state index contributed by atoms with van der Waals surface area (Å²) in [6, 6.07) is 21.3. The molecule has 130 valence electrons. The zero-order valence-electron chi connectivity index (χ0n) is 14.2. The Labute approximate surface area is 147 Å². The number of aliphatic hydroxyl groups excluding tert-OH is 1. The zero-order valence-corrected chi connectivity index (χ0v) is 14.2. The molecule has 25 heavy (non-hydrogen) atoms. The van der Waals surface area contributed by atoms with Gasteiger partial charge < -0.3 is 20.4 Å². The van der Waals surface area contributed by atoms with Gasteiger partial charge in [-0.15, -0.1) is 0 Å². The molecule has 0 heterocycles. The van der Waals surface area contributed by atoms with Crippen LogP contribution in [0.2, 0.25) is 0 Å². The lowest BCUT2D eigenvalue weighted by molar-refractivity contribution is 0.399. The van der Waals surface area contributed by atoms with E-state index in [2.05, 4.69) is 6.92 Å². The van der Waals surface area contributed by atoms with Gasteiger partial charge in [0.15, 0.2) is 0 Å². The van der Waals surface area contributed by atoms with E-state index in [1.165, 1.54) is 0 Å². The number of phenolic OH excluding ortho intramolecular Hbond substituents is 3. The molecular weight excluding hydrogens is 316 g/mol. The Hall–Kier alpha value is -2.98. The second-order valence-electron chi connectivity index (χ2n) is 5.77. The lowest BCUT2D eigenvalue weighted by Crippen LogP contribution is -2.25. The number of aromatic hydroxyl groups is 3. The average molecular weight is 338 g/mol. The Bertz CT molecular complexity index is 680. The Morgan fingerprint density at radius 2 is 0.680 bits per heavy atom. The monoisotopic (exact) mass is 338 g/mol. The third-order valence-corrected chi connectivity index (χ3v) is 4.33. The number of phenols is 3. The van der Waals surface area contributed by atoms with Crippen molar-refractivity contribution in [1.82, 2.24) is 0 Å². The Morgan fingerprint density at radius 1 is 0.480 bits per heavy atom. The average Bonchev–Trinajstić information content (AvgIpc) is 2.64. The first-order valence-corrected chi connectivity index (χ1v) is 7.83. The first-order valence-electron chi connectivity index (χ1n) is 7.83. The molecule has 3 aromatic carbocycles. The minimum atomic E-state index is -0.477. The predicted octanol–water partition coefficient (Wildman–Crippen LogP) is 3.77. The first-order chi connectivity index (χ1) is 12.0. The molecule has 0 aromatic heterocycles. The second kappa shape index (κ2) is 7.73. The number of rotatable bonds is 3. The highest BCUT2D eigenvalue weighted by Gasteiger charge is 2.31. The summed E-state index contributed by atoms with van der Waals surface area (Å²) in [5, 5.41) is 35.7. The molecule has 3 rings (SSSR count). The predicted molar refractivity (Wildman–Crippen MR) is 98.0 cm³/mol. The summed E-state index contributed by atoms with van der Waals surface area (Å²) in [5.74, 6) is 0.646. The van der Waals surface area contributed by atoms with Crippen molar-refractivity contribution in [2.45, 2.75) is 12.3 Å². The molecule has 0 amide bonds. The van der Waals surface area contributed by atoms with Crippen LogP contribution in [0, 0.1) is 0 Å². The van der Waals surface area contributed by atoms with Gasteiger partial charge in [0.1, 0.15) is 17.2 Å². The van der Waals surface area contributed by atoms with Gasteiger partial charge in [-0.1, -0.05) is 36.4 Å². The summed E-state index contributed by atoms with van der Waals surface area (Å²) in [6.07, 6.45) is 0. The maximum absolute atomic E-state index is 9.57. The van der Waals surface area contributed by atoms with E-state index >= 15 is 0 Å². The largest absolute Gasteiger partial charge is 0.508 e. The molecule has 0 aliphatic carbocycles. The van der Waals surface area contributed by atoms with E-state index in [9.17, 15) is 15.3 Å². The molecule has 0 spiro atoms. The molecule has 4 heteroatoms. The molecule has 0 saturated carbocycles. The van der Waals surface area contributed by atoms with E-state index in [1.54, 1.807) is 36.4 Å². The molecular formula is C21H22O4. The van der Waals surface area contributed by atoms with E-state index in [-0.39, 0.29) is 17.2 Å². The summed E-state index contributed by atoms with van der Waals surface area (Å²) in [4.78, 5) is 0. The standard InChI is InChI=1S/C20H18O3.CH4O/c1-20(14-2-8-17(21)9-3-14,15-4-10-18(22)11-5-15)16-6-12-19(23)13-7-16;1-2/h2-13,21-23H,1H3;2H,1H3. The van der Waals surface area contributed by atoms with Gasteiger partial charge in [0, 0.05) is 12.5 Å². The van der Waals surface area contributed by atoms with Gasteiger partial charge in [0.05, 0.1) is 0 Å². The summed E-state index contributed by atoms with van der Waals surface area (Å²) < 4.78 is 0. The van der Waals surface area contributed by atoms with Crippen LogP contribution < -0.4 is 0 Å². The summed E-state index contributed by atoms with van der Waals surface area (Å²) in [7, 11) is 1.00. The van der Waals surface area contributed by atoms with Crippen molar-refractivity contribution in [2.75, 3.05) is 7.11 Å². The molecule has 3 aromatic rings. The number of hydrogen-bond donors (Lipinski definition) is 4.